The van der Waals surface area contributed by atoms with Gasteiger partial charge >= 0.3 is 0 Å². The Morgan fingerprint density at radius 3 is 2.74 bits per heavy atom. The van der Waals surface area contributed by atoms with Gasteiger partial charge in [-0.15, -0.1) is 0 Å². The van der Waals surface area contributed by atoms with Crippen LogP contribution in [0.1, 0.15) is 15.9 Å². The number of hydrogen-bond donors (Lipinski definition) is 2. The van der Waals surface area contributed by atoms with Gasteiger partial charge in [0, 0.05) is 5.56 Å². The molecule has 6 heteroatoms. The molecule has 0 radical (unpaired) electrons. The van der Waals surface area contributed by atoms with E-state index in [1.165, 1.54) is 19.6 Å². The molecule has 0 aliphatic heterocycles. The van der Waals surface area contributed by atoms with Crippen molar-refractivity contribution in [1.82, 2.24) is 0 Å². The predicted molar refractivity (Wildman–Crippen MR) is 75.5 cm³/mol. The summed E-state index contributed by atoms with van der Waals surface area (Å²) in [5.41, 5.74) is 7.18. The summed E-state index contributed by atoms with van der Waals surface area (Å²) in [5, 5.41) is 2.72. The van der Waals surface area contributed by atoms with Crippen molar-refractivity contribution in [3.8, 4) is 5.75 Å². The topological polar surface area (TPSA) is 77.5 Å². The van der Waals surface area contributed by atoms with Crippen LogP contribution >= 0.6 is 12.2 Å². The predicted octanol–water partition coefficient (Wildman–Crippen LogP) is 2.17. The number of nitrogens with one attached hydrogen (secondary N) is 1. The van der Waals surface area contributed by atoms with Crippen molar-refractivity contribution < 1.29 is 13.9 Å². The summed E-state index contributed by atoms with van der Waals surface area (Å²) < 4.78 is 10.1. The molecule has 19 heavy (non-hydrogen) atoms. The number of benzene rings is 1. The third-order valence-electron chi connectivity index (χ3n) is 2.52. The van der Waals surface area contributed by atoms with Crippen LogP contribution in [0.3, 0.4) is 0 Å². The number of carbonyl (C=O) groups excluding carboxylic acids is 1. The highest BCUT2D eigenvalue weighted by atomic mass is 32.1. The summed E-state index contributed by atoms with van der Waals surface area (Å²) in [7, 11) is 1.51. The molecule has 1 amide bonds. The fourth-order valence-electron chi connectivity index (χ4n) is 1.54. The van der Waals surface area contributed by atoms with Crippen molar-refractivity contribution in [1.29, 1.82) is 0 Å². The molecule has 0 aliphatic rings. The normalized spacial score (nSPS) is 9.95. The lowest BCUT2D eigenvalue weighted by Gasteiger charge is -2.11. The molecule has 0 atom stereocenters. The van der Waals surface area contributed by atoms with E-state index in [4.69, 9.17) is 27.1 Å². The number of nitrogens with two attached hydrogens (primary N) is 1. The van der Waals surface area contributed by atoms with Gasteiger partial charge in [-0.25, -0.2) is 0 Å². The highest BCUT2D eigenvalue weighted by Crippen LogP contribution is 2.26. The molecule has 0 bridgehead atoms. The number of amides is 1. The fourth-order valence-corrected chi connectivity index (χ4v) is 1.66. The highest BCUT2D eigenvalue weighted by molar-refractivity contribution is 7.80. The molecule has 1 aromatic carbocycles. The van der Waals surface area contributed by atoms with Crippen LogP contribution in [0.15, 0.2) is 41.2 Å². The Morgan fingerprint density at radius 2 is 2.16 bits per heavy atom. The molecule has 2 rings (SSSR count). The minimum absolute atomic E-state index is 0.269. The zero-order chi connectivity index (χ0) is 13.8. The van der Waals surface area contributed by atoms with Crippen molar-refractivity contribution in [2.45, 2.75) is 0 Å². The molecule has 0 saturated carbocycles. The number of ether oxygens (including phenoxy) is 1. The van der Waals surface area contributed by atoms with Crippen LogP contribution < -0.4 is 15.8 Å². The molecule has 0 fully saturated rings. The van der Waals surface area contributed by atoms with Gasteiger partial charge in [-0.2, -0.15) is 0 Å². The van der Waals surface area contributed by atoms with Gasteiger partial charge in [-0.1, -0.05) is 12.2 Å². The van der Waals surface area contributed by atoms with Crippen molar-refractivity contribution in [3.05, 3.63) is 47.9 Å². The van der Waals surface area contributed by atoms with Gasteiger partial charge in [0.15, 0.2) is 0 Å². The average Bonchev–Trinajstić information content (AvgIpc) is 2.92. The molecular formula is C13H12N2O3S. The minimum Gasteiger partial charge on any atom is -0.495 e. The first-order valence-corrected chi connectivity index (χ1v) is 5.84. The first-order valence-electron chi connectivity index (χ1n) is 5.43. The summed E-state index contributed by atoms with van der Waals surface area (Å²) in [5.74, 6) is 0.206. The van der Waals surface area contributed by atoms with Crippen LogP contribution in [0.4, 0.5) is 5.69 Å². The molecule has 1 aromatic heterocycles. The number of hydrogen-bond acceptors (Lipinski definition) is 4. The van der Waals surface area contributed by atoms with E-state index in [2.05, 4.69) is 5.32 Å². The zero-order valence-corrected chi connectivity index (χ0v) is 11.0. The molecule has 0 unspecified atom stereocenters. The van der Waals surface area contributed by atoms with E-state index in [1.54, 1.807) is 24.3 Å². The summed E-state index contributed by atoms with van der Waals surface area (Å²) >= 11 is 4.89. The van der Waals surface area contributed by atoms with Gasteiger partial charge in [0.2, 0.25) is 0 Å². The van der Waals surface area contributed by atoms with Crippen molar-refractivity contribution in [2.75, 3.05) is 12.4 Å². The zero-order valence-electron chi connectivity index (χ0n) is 10.2. The second-order valence-corrected chi connectivity index (χ2v) is 4.19. The second kappa shape index (κ2) is 5.53. The summed E-state index contributed by atoms with van der Waals surface area (Å²) in [6, 6.07) is 6.65. The van der Waals surface area contributed by atoms with E-state index in [-0.39, 0.29) is 10.9 Å². The lowest BCUT2D eigenvalue weighted by atomic mass is 10.2. The summed E-state index contributed by atoms with van der Waals surface area (Å²) in [6.45, 7) is 0. The number of rotatable bonds is 4. The van der Waals surface area contributed by atoms with Gasteiger partial charge < -0.3 is 20.2 Å². The molecular weight excluding hydrogens is 264 g/mol. The molecule has 0 saturated heterocycles. The molecule has 0 spiro atoms. The van der Waals surface area contributed by atoms with Crippen LogP contribution in [0.5, 0.6) is 5.75 Å². The number of anilines is 1. The Bertz CT molecular complexity index is 608. The lowest BCUT2D eigenvalue weighted by Crippen LogP contribution is -2.13. The largest absolute Gasteiger partial charge is 0.495 e. The molecule has 2 aromatic rings. The maximum absolute atomic E-state index is 11.9. The van der Waals surface area contributed by atoms with E-state index in [0.29, 0.717) is 22.6 Å². The van der Waals surface area contributed by atoms with E-state index in [9.17, 15) is 4.79 Å². The van der Waals surface area contributed by atoms with Gasteiger partial charge in [0.1, 0.15) is 17.0 Å². The van der Waals surface area contributed by atoms with Crippen LogP contribution in [0.2, 0.25) is 0 Å². The number of furan rings is 1. The minimum atomic E-state index is -0.282. The molecule has 0 aliphatic carbocycles. The van der Waals surface area contributed by atoms with Gasteiger partial charge in [0.25, 0.3) is 5.91 Å². The SMILES string of the molecule is COc1cc(C(N)=S)ccc1NC(=O)c1ccoc1. The fraction of sp³-hybridized carbons (Fsp3) is 0.0769. The van der Waals surface area contributed by atoms with Crippen molar-refractivity contribution in [3.63, 3.8) is 0 Å². The Morgan fingerprint density at radius 1 is 1.37 bits per heavy atom. The maximum Gasteiger partial charge on any atom is 0.259 e. The Kier molecular flexibility index (Phi) is 3.82. The van der Waals surface area contributed by atoms with Crippen molar-refractivity contribution >= 4 is 28.8 Å². The lowest BCUT2D eigenvalue weighted by molar-refractivity contribution is 0.102. The van der Waals surface area contributed by atoms with E-state index < -0.39 is 0 Å². The van der Waals surface area contributed by atoms with Gasteiger partial charge in [0.05, 0.1) is 24.6 Å². The van der Waals surface area contributed by atoms with Gasteiger partial charge in [-0.3, -0.25) is 4.79 Å². The summed E-state index contributed by atoms with van der Waals surface area (Å²) in [4.78, 5) is 12.2. The van der Waals surface area contributed by atoms with Crippen LogP contribution in [-0.4, -0.2) is 18.0 Å². The average molecular weight is 276 g/mol. The second-order valence-electron chi connectivity index (χ2n) is 3.75. The van der Waals surface area contributed by atoms with Crippen LogP contribution in [0, 0.1) is 0 Å². The van der Waals surface area contributed by atoms with Crippen LogP contribution in [0.25, 0.3) is 0 Å². The monoisotopic (exact) mass is 276 g/mol. The maximum atomic E-state index is 11.9. The third-order valence-corrected chi connectivity index (χ3v) is 2.75. The highest BCUT2D eigenvalue weighted by Gasteiger charge is 2.11. The summed E-state index contributed by atoms with van der Waals surface area (Å²) in [6.07, 6.45) is 2.80. The first-order chi connectivity index (χ1) is 9.11. The standard InChI is InChI=1S/C13H12N2O3S/c1-17-11-6-8(12(14)19)2-3-10(11)15-13(16)9-4-5-18-7-9/h2-7H,1H3,(H2,14,19)(H,15,16). The van der Waals surface area contributed by atoms with E-state index >= 15 is 0 Å². The molecule has 5 nitrogen and oxygen atoms in total. The van der Waals surface area contributed by atoms with E-state index in [0.717, 1.165) is 0 Å². The molecule has 3 N–H and O–H groups in total. The third kappa shape index (κ3) is 2.92. The molecule has 1 heterocycles. The number of thiocarbonyl (C=S) groups is 1. The number of carbonyl (C=O) groups is 1. The van der Waals surface area contributed by atoms with Crippen LogP contribution in [-0.2, 0) is 0 Å². The smallest absolute Gasteiger partial charge is 0.259 e. The Labute approximate surface area is 115 Å². The molecule has 98 valence electrons. The number of methoxy groups -OCH3 is 1. The quantitative estimate of drug-likeness (QED) is 0.837. The van der Waals surface area contributed by atoms with Gasteiger partial charge in [-0.05, 0) is 24.3 Å². The first kappa shape index (κ1) is 13.1. The van der Waals surface area contributed by atoms with Crippen molar-refractivity contribution in [2.24, 2.45) is 5.73 Å². The Balaban J connectivity index is 2.25. The Hall–Kier alpha value is -2.34. The van der Waals surface area contributed by atoms with E-state index in [1.807, 2.05) is 0 Å².